The molecule has 1 fully saturated rings. The van der Waals surface area contributed by atoms with Gasteiger partial charge in [0.1, 0.15) is 0 Å². The second-order valence-corrected chi connectivity index (χ2v) is 8.06. The van der Waals surface area contributed by atoms with E-state index in [9.17, 15) is 9.59 Å². The number of nitrogens with zero attached hydrogens (tertiary/aromatic N) is 1. The van der Waals surface area contributed by atoms with Crippen LogP contribution in [0.25, 0.3) is 0 Å². The largest absolute Gasteiger partial charge is 0.378 e. The smallest absolute Gasteiger partial charge is 0.307 e. The molecule has 1 aliphatic rings. The van der Waals surface area contributed by atoms with Crippen LogP contribution in [-0.2, 0) is 16.1 Å². The molecule has 2 rings (SSSR count). The van der Waals surface area contributed by atoms with E-state index < -0.39 is 0 Å². The molecule has 0 saturated heterocycles. The lowest BCUT2D eigenvalue weighted by Gasteiger charge is -2.59. The van der Waals surface area contributed by atoms with Crippen molar-refractivity contribution < 1.29 is 9.53 Å². The first-order valence-corrected chi connectivity index (χ1v) is 8.45. The van der Waals surface area contributed by atoms with Crippen LogP contribution in [0.15, 0.2) is 4.79 Å². The van der Waals surface area contributed by atoms with Crippen molar-refractivity contribution in [1.29, 1.82) is 0 Å². The number of methoxy groups -OCH3 is 1. The predicted octanol–water partition coefficient (Wildman–Crippen LogP) is 2.24. The Hall–Kier alpha value is -1.14. The molecule has 1 N–H and O–H groups in total. The van der Waals surface area contributed by atoms with E-state index in [-0.39, 0.29) is 27.8 Å². The van der Waals surface area contributed by atoms with Gasteiger partial charge in [-0.25, -0.2) is 0 Å². The van der Waals surface area contributed by atoms with Crippen LogP contribution in [0.1, 0.15) is 44.2 Å². The van der Waals surface area contributed by atoms with Gasteiger partial charge in [0.2, 0.25) is 5.91 Å². The Bertz CT molecular complexity index is 632. The van der Waals surface area contributed by atoms with Gasteiger partial charge >= 0.3 is 4.87 Å². The lowest BCUT2D eigenvalue weighted by molar-refractivity contribution is -0.182. The van der Waals surface area contributed by atoms with Crippen molar-refractivity contribution >= 4 is 17.2 Å². The van der Waals surface area contributed by atoms with Gasteiger partial charge in [-0.3, -0.25) is 9.59 Å². The fraction of sp³-hybridized carbons (Fsp3) is 0.750. The summed E-state index contributed by atoms with van der Waals surface area (Å²) < 4.78 is 7.25. The first-order chi connectivity index (χ1) is 10.1. The quantitative estimate of drug-likeness (QED) is 0.903. The maximum atomic E-state index is 12.2. The zero-order valence-corrected chi connectivity index (χ0v) is 15.1. The number of nitrogens with one attached hydrogen (secondary N) is 1. The highest BCUT2D eigenvalue weighted by atomic mass is 32.1. The Morgan fingerprint density at radius 2 is 2.05 bits per heavy atom. The Labute approximate surface area is 135 Å². The zero-order chi connectivity index (χ0) is 16.7. The molecule has 0 aliphatic heterocycles. The molecular weight excluding hydrogens is 300 g/mol. The van der Waals surface area contributed by atoms with Crippen molar-refractivity contribution in [2.75, 3.05) is 7.11 Å². The number of aromatic nitrogens is 1. The van der Waals surface area contributed by atoms with Crippen molar-refractivity contribution in [2.45, 2.75) is 65.6 Å². The highest BCUT2D eigenvalue weighted by molar-refractivity contribution is 7.09. The number of hydrogen-bond acceptors (Lipinski definition) is 4. The minimum Gasteiger partial charge on any atom is -0.378 e. The molecule has 1 heterocycles. The third-order valence-electron chi connectivity index (χ3n) is 5.55. The van der Waals surface area contributed by atoms with Gasteiger partial charge in [-0.15, -0.1) is 0 Å². The summed E-state index contributed by atoms with van der Waals surface area (Å²) in [4.78, 5) is 25.0. The molecular formula is C16H26N2O3S. The summed E-state index contributed by atoms with van der Waals surface area (Å²) in [6.45, 7) is 10.6. The molecule has 0 bridgehead atoms. The summed E-state index contributed by atoms with van der Waals surface area (Å²) in [5, 5.41) is 3.08. The minimum atomic E-state index is -0.192. The molecule has 0 radical (unpaired) electrons. The number of carbonyl (C=O) groups excluding carboxylic acids is 1. The molecule has 6 heteroatoms. The van der Waals surface area contributed by atoms with E-state index in [0.29, 0.717) is 13.0 Å². The van der Waals surface area contributed by atoms with Gasteiger partial charge in [0.05, 0.1) is 5.60 Å². The number of carbonyl (C=O) groups is 1. The van der Waals surface area contributed by atoms with Crippen molar-refractivity contribution in [3.8, 4) is 0 Å². The summed E-state index contributed by atoms with van der Waals surface area (Å²) >= 11 is 1.24. The topological polar surface area (TPSA) is 60.3 Å². The lowest BCUT2D eigenvalue weighted by atomic mass is 9.56. The summed E-state index contributed by atoms with van der Waals surface area (Å²) in [6.07, 6.45) is 1.14. The van der Waals surface area contributed by atoms with Crippen LogP contribution in [0.5, 0.6) is 0 Å². The van der Waals surface area contributed by atoms with Gasteiger partial charge in [0.15, 0.2) is 0 Å². The molecule has 2 atom stereocenters. The maximum Gasteiger partial charge on any atom is 0.307 e. The van der Waals surface area contributed by atoms with Crippen molar-refractivity contribution in [3.05, 3.63) is 20.2 Å². The van der Waals surface area contributed by atoms with Crippen LogP contribution < -0.4 is 10.2 Å². The maximum absolute atomic E-state index is 12.2. The third-order valence-corrected chi connectivity index (χ3v) is 6.55. The van der Waals surface area contributed by atoms with Crippen molar-refractivity contribution in [3.63, 3.8) is 0 Å². The van der Waals surface area contributed by atoms with Crippen LogP contribution in [0.3, 0.4) is 0 Å². The first-order valence-electron chi connectivity index (χ1n) is 7.64. The number of rotatable bonds is 5. The molecule has 124 valence electrons. The van der Waals surface area contributed by atoms with Crippen LogP contribution in [0, 0.1) is 19.3 Å². The fourth-order valence-electron chi connectivity index (χ4n) is 3.05. The second-order valence-electron chi connectivity index (χ2n) is 6.89. The SMILES string of the molecule is CO[C@]1(C)C[C@@H](NC(=O)CCn2c(C)c(C)sc2=O)C1(C)C. The van der Waals surface area contributed by atoms with Crippen molar-refractivity contribution in [1.82, 2.24) is 9.88 Å². The van der Waals surface area contributed by atoms with E-state index >= 15 is 0 Å². The molecule has 1 amide bonds. The van der Waals surface area contributed by atoms with Crippen molar-refractivity contribution in [2.24, 2.45) is 5.41 Å². The van der Waals surface area contributed by atoms with Crippen LogP contribution in [-0.4, -0.2) is 29.2 Å². The average molecular weight is 326 g/mol. The molecule has 22 heavy (non-hydrogen) atoms. The van der Waals surface area contributed by atoms with E-state index in [1.807, 2.05) is 13.8 Å². The van der Waals surface area contributed by atoms with Crippen LogP contribution >= 0.6 is 11.3 Å². The number of hydrogen-bond donors (Lipinski definition) is 1. The Morgan fingerprint density at radius 3 is 2.50 bits per heavy atom. The Kier molecular flexibility index (Phi) is 4.55. The molecule has 1 aromatic rings. The number of amides is 1. The van der Waals surface area contributed by atoms with Gasteiger partial charge in [-0.05, 0) is 27.2 Å². The summed E-state index contributed by atoms with van der Waals surface area (Å²) in [5.74, 6) is -0.00798. The molecule has 1 aliphatic carbocycles. The molecule has 1 saturated carbocycles. The molecule has 1 aromatic heterocycles. The second kappa shape index (κ2) is 5.81. The normalized spacial score (nSPS) is 26.5. The number of aryl methyl sites for hydroxylation is 1. The Morgan fingerprint density at radius 1 is 1.41 bits per heavy atom. The number of thiazole rings is 1. The average Bonchev–Trinajstić information content (AvgIpc) is 2.69. The molecule has 5 nitrogen and oxygen atoms in total. The summed E-state index contributed by atoms with van der Waals surface area (Å²) in [5.41, 5.74) is 0.672. The van der Waals surface area contributed by atoms with E-state index in [0.717, 1.165) is 17.0 Å². The van der Waals surface area contributed by atoms with E-state index in [1.165, 1.54) is 11.3 Å². The first kappa shape index (κ1) is 17.2. The standard InChI is InChI=1S/C16H26N2O3S/c1-10-11(2)22-14(20)18(10)8-7-13(19)17-12-9-16(5,21-6)15(12,3)4/h12H,7-9H2,1-6H3,(H,17,19)/t12-,16-/m1/s1. The molecule has 0 aromatic carbocycles. The highest BCUT2D eigenvalue weighted by Crippen LogP contribution is 2.51. The highest BCUT2D eigenvalue weighted by Gasteiger charge is 2.58. The lowest BCUT2D eigenvalue weighted by Crippen LogP contribution is -2.68. The number of ether oxygens (including phenoxy) is 1. The molecule has 0 unspecified atom stereocenters. The Balaban J connectivity index is 1.91. The van der Waals surface area contributed by atoms with E-state index in [4.69, 9.17) is 4.74 Å². The van der Waals surface area contributed by atoms with Crippen LogP contribution in [0.2, 0.25) is 0 Å². The van der Waals surface area contributed by atoms with Crippen LogP contribution in [0.4, 0.5) is 0 Å². The minimum absolute atomic E-state index is 0.00798. The van der Waals surface area contributed by atoms with Gasteiger partial charge in [0, 0.05) is 42.1 Å². The molecule has 0 spiro atoms. The van der Waals surface area contributed by atoms with Gasteiger partial charge in [-0.2, -0.15) is 0 Å². The van der Waals surface area contributed by atoms with E-state index in [1.54, 1.807) is 11.7 Å². The summed E-state index contributed by atoms with van der Waals surface area (Å²) in [6, 6.07) is 0.118. The summed E-state index contributed by atoms with van der Waals surface area (Å²) in [7, 11) is 1.72. The van der Waals surface area contributed by atoms with Gasteiger partial charge in [0.25, 0.3) is 0 Å². The monoisotopic (exact) mass is 326 g/mol. The predicted molar refractivity (Wildman–Crippen MR) is 88.4 cm³/mol. The van der Waals surface area contributed by atoms with Gasteiger partial charge < -0.3 is 14.6 Å². The zero-order valence-electron chi connectivity index (χ0n) is 14.3. The fourth-order valence-corrected chi connectivity index (χ4v) is 3.91. The third kappa shape index (κ3) is 2.74. The van der Waals surface area contributed by atoms with Gasteiger partial charge in [-0.1, -0.05) is 25.2 Å². The van der Waals surface area contributed by atoms with E-state index in [2.05, 4.69) is 26.1 Å².